The molecule has 24 heavy (non-hydrogen) atoms. The highest BCUT2D eigenvalue weighted by Crippen LogP contribution is 2.36. The summed E-state index contributed by atoms with van der Waals surface area (Å²) < 4.78 is 15.1. The number of pyridine rings is 1. The van der Waals surface area contributed by atoms with Gasteiger partial charge in [0.05, 0.1) is 17.9 Å². The molecule has 1 atom stereocenters. The molecule has 1 fully saturated rings. The van der Waals surface area contributed by atoms with Gasteiger partial charge in [0.25, 0.3) is 0 Å². The first kappa shape index (κ1) is 14.7. The third-order valence-electron chi connectivity index (χ3n) is 4.53. The maximum absolute atomic E-state index is 13.6. The maximum Gasteiger partial charge on any atom is 0.354 e. The Hall–Kier alpha value is -2.89. The van der Waals surface area contributed by atoms with Crippen LogP contribution in [0.4, 0.5) is 10.1 Å². The summed E-state index contributed by atoms with van der Waals surface area (Å²) in [6.45, 7) is 0.851. The van der Waals surface area contributed by atoms with Crippen LogP contribution < -0.4 is 4.90 Å². The summed E-state index contributed by atoms with van der Waals surface area (Å²) in [4.78, 5) is 17.6. The van der Waals surface area contributed by atoms with Gasteiger partial charge in [0.2, 0.25) is 0 Å². The molecule has 0 saturated carbocycles. The Kier molecular flexibility index (Phi) is 3.45. The van der Waals surface area contributed by atoms with Crippen LogP contribution in [0.2, 0.25) is 0 Å². The fourth-order valence-corrected chi connectivity index (χ4v) is 3.43. The average Bonchev–Trinajstić information content (AvgIpc) is 3.21. The van der Waals surface area contributed by atoms with Gasteiger partial charge in [-0.3, -0.25) is 4.40 Å². The minimum atomic E-state index is -1.01. The second-order valence-corrected chi connectivity index (χ2v) is 5.97. The summed E-state index contributed by atoms with van der Waals surface area (Å²) in [6, 6.07) is 10.5. The SMILES string of the molecule is O=C(O)c1cnc2ccc(N3CCCC3c3cccc(F)c3)cn12. The monoisotopic (exact) mass is 325 g/mol. The van der Waals surface area contributed by atoms with Gasteiger partial charge in [0.1, 0.15) is 11.5 Å². The molecular weight excluding hydrogens is 309 g/mol. The molecule has 5 nitrogen and oxygen atoms in total. The van der Waals surface area contributed by atoms with Crippen LogP contribution in [0.3, 0.4) is 0 Å². The van der Waals surface area contributed by atoms with Crippen molar-refractivity contribution in [3.8, 4) is 0 Å². The molecule has 2 aromatic heterocycles. The van der Waals surface area contributed by atoms with Gasteiger partial charge in [-0.2, -0.15) is 0 Å². The van der Waals surface area contributed by atoms with Crippen LogP contribution in [0.5, 0.6) is 0 Å². The molecule has 3 aromatic rings. The van der Waals surface area contributed by atoms with Gasteiger partial charge >= 0.3 is 5.97 Å². The van der Waals surface area contributed by atoms with E-state index in [0.29, 0.717) is 5.65 Å². The fourth-order valence-electron chi connectivity index (χ4n) is 3.43. The number of carbonyl (C=O) groups is 1. The summed E-state index contributed by atoms with van der Waals surface area (Å²) in [5.74, 6) is -1.25. The molecule has 1 aliphatic heterocycles. The molecule has 0 amide bonds. The number of hydrogen-bond donors (Lipinski definition) is 1. The number of benzene rings is 1. The molecule has 0 radical (unpaired) electrons. The summed E-state index contributed by atoms with van der Waals surface area (Å²) in [7, 11) is 0. The van der Waals surface area contributed by atoms with E-state index in [9.17, 15) is 14.3 Å². The number of fused-ring (bicyclic) bond motifs is 1. The number of nitrogens with zero attached hydrogens (tertiary/aromatic N) is 3. The van der Waals surface area contributed by atoms with Crippen LogP contribution in [0.15, 0.2) is 48.8 Å². The summed E-state index contributed by atoms with van der Waals surface area (Å²) in [6.07, 6.45) is 5.10. The Morgan fingerprint density at radius 1 is 1.29 bits per heavy atom. The summed E-state index contributed by atoms with van der Waals surface area (Å²) in [5, 5.41) is 9.27. The van der Waals surface area contributed by atoms with Crippen LogP contribution in [0.25, 0.3) is 5.65 Å². The lowest BCUT2D eigenvalue weighted by molar-refractivity contribution is 0.0689. The lowest BCUT2D eigenvalue weighted by Gasteiger charge is -2.27. The lowest BCUT2D eigenvalue weighted by atomic mass is 10.0. The number of carboxylic acid groups (broad SMARTS) is 1. The van der Waals surface area contributed by atoms with Crippen LogP contribution in [-0.2, 0) is 0 Å². The van der Waals surface area contributed by atoms with E-state index >= 15 is 0 Å². The van der Waals surface area contributed by atoms with E-state index in [1.54, 1.807) is 22.7 Å². The van der Waals surface area contributed by atoms with E-state index in [1.165, 1.54) is 12.3 Å². The number of anilines is 1. The lowest BCUT2D eigenvalue weighted by Crippen LogP contribution is -2.23. The molecule has 0 spiro atoms. The zero-order valence-corrected chi connectivity index (χ0v) is 12.9. The number of imidazole rings is 1. The number of aromatic nitrogens is 2. The first-order valence-electron chi connectivity index (χ1n) is 7.86. The normalized spacial score (nSPS) is 17.5. The third kappa shape index (κ3) is 2.40. The van der Waals surface area contributed by atoms with E-state index in [2.05, 4.69) is 9.88 Å². The fraction of sp³-hybridized carbons (Fsp3) is 0.222. The molecule has 122 valence electrons. The van der Waals surface area contributed by atoms with Gasteiger partial charge in [-0.15, -0.1) is 0 Å². The number of carboxylic acids is 1. The highest BCUT2D eigenvalue weighted by Gasteiger charge is 2.27. The molecule has 1 N–H and O–H groups in total. The molecule has 1 aromatic carbocycles. The quantitative estimate of drug-likeness (QED) is 0.800. The second-order valence-electron chi connectivity index (χ2n) is 5.97. The predicted octanol–water partition coefficient (Wildman–Crippen LogP) is 3.51. The minimum Gasteiger partial charge on any atom is -0.477 e. The molecular formula is C18H16FN3O2. The molecule has 0 aliphatic carbocycles. The molecule has 3 heterocycles. The molecule has 1 unspecified atom stereocenters. The number of rotatable bonds is 3. The van der Waals surface area contributed by atoms with Crippen molar-refractivity contribution in [3.05, 3.63) is 65.9 Å². The highest BCUT2D eigenvalue weighted by molar-refractivity contribution is 5.86. The Morgan fingerprint density at radius 2 is 2.17 bits per heavy atom. The third-order valence-corrected chi connectivity index (χ3v) is 4.53. The van der Waals surface area contributed by atoms with Gasteiger partial charge in [-0.25, -0.2) is 14.2 Å². The Morgan fingerprint density at radius 3 is 2.96 bits per heavy atom. The Labute approximate surface area is 138 Å². The van der Waals surface area contributed by atoms with Crippen molar-refractivity contribution < 1.29 is 14.3 Å². The van der Waals surface area contributed by atoms with E-state index in [1.807, 2.05) is 18.2 Å². The number of halogens is 1. The van der Waals surface area contributed by atoms with Crippen molar-refractivity contribution in [2.75, 3.05) is 11.4 Å². The molecule has 6 heteroatoms. The Balaban J connectivity index is 1.75. The molecule has 1 saturated heterocycles. The van der Waals surface area contributed by atoms with Crippen molar-refractivity contribution in [2.45, 2.75) is 18.9 Å². The van der Waals surface area contributed by atoms with Crippen molar-refractivity contribution in [2.24, 2.45) is 0 Å². The van der Waals surface area contributed by atoms with Crippen LogP contribution in [-0.4, -0.2) is 27.0 Å². The van der Waals surface area contributed by atoms with Crippen LogP contribution in [0.1, 0.15) is 34.9 Å². The predicted molar refractivity (Wildman–Crippen MR) is 87.9 cm³/mol. The molecule has 4 rings (SSSR count). The topological polar surface area (TPSA) is 57.8 Å². The molecule has 0 bridgehead atoms. The van der Waals surface area contributed by atoms with Crippen molar-refractivity contribution in [3.63, 3.8) is 0 Å². The Bertz CT molecular complexity index is 922. The number of aromatic carboxylic acids is 1. The van der Waals surface area contributed by atoms with Crippen molar-refractivity contribution in [1.29, 1.82) is 0 Å². The van der Waals surface area contributed by atoms with Gasteiger partial charge in [0.15, 0.2) is 5.69 Å². The van der Waals surface area contributed by atoms with Crippen molar-refractivity contribution in [1.82, 2.24) is 9.38 Å². The first-order valence-corrected chi connectivity index (χ1v) is 7.86. The van der Waals surface area contributed by atoms with Crippen molar-refractivity contribution >= 4 is 17.3 Å². The van der Waals surface area contributed by atoms with Gasteiger partial charge in [-0.05, 0) is 42.7 Å². The highest BCUT2D eigenvalue weighted by atomic mass is 19.1. The summed E-state index contributed by atoms with van der Waals surface area (Å²) in [5.41, 5.74) is 2.58. The van der Waals surface area contributed by atoms with Gasteiger partial charge in [-0.1, -0.05) is 12.1 Å². The van der Waals surface area contributed by atoms with E-state index < -0.39 is 5.97 Å². The zero-order chi connectivity index (χ0) is 16.7. The first-order chi connectivity index (χ1) is 11.6. The average molecular weight is 325 g/mol. The van der Waals surface area contributed by atoms with E-state index in [-0.39, 0.29) is 17.6 Å². The largest absolute Gasteiger partial charge is 0.477 e. The van der Waals surface area contributed by atoms with Gasteiger partial charge < -0.3 is 10.0 Å². The van der Waals surface area contributed by atoms with Gasteiger partial charge in [0, 0.05) is 12.7 Å². The smallest absolute Gasteiger partial charge is 0.354 e. The minimum absolute atomic E-state index is 0.0925. The summed E-state index contributed by atoms with van der Waals surface area (Å²) >= 11 is 0. The standard InChI is InChI=1S/C18H16FN3O2/c19-13-4-1-3-12(9-13)15-5-2-8-21(15)14-6-7-17-20-10-16(18(23)24)22(17)11-14/h1,3-4,6-7,9-11,15H,2,5,8H2,(H,23,24). The van der Waals surface area contributed by atoms with E-state index in [0.717, 1.165) is 30.6 Å². The number of hydrogen-bond acceptors (Lipinski definition) is 3. The maximum atomic E-state index is 13.6. The van der Waals surface area contributed by atoms with Crippen LogP contribution in [0, 0.1) is 5.82 Å². The zero-order valence-electron chi connectivity index (χ0n) is 12.9. The van der Waals surface area contributed by atoms with E-state index in [4.69, 9.17) is 0 Å². The second kappa shape index (κ2) is 5.63. The van der Waals surface area contributed by atoms with Crippen LogP contribution >= 0.6 is 0 Å². The molecule has 1 aliphatic rings.